The van der Waals surface area contributed by atoms with Gasteiger partial charge in [-0.15, -0.1) is 10.2 Å². The van der Waals surface area contributed by atoms with Crippen LogP contribution in [0.3, 0.4) is 0 Å². The van der Waals surface area contributed by atoms with E-state index in [1.54, 1.807) is 11.8 Å². The summed E-state index contributed by atoms with van der Waals surface area (Å²) < 4.78 is 104. The van der Waals surface area contributed by atoms with Crippen molar-refractivity contribution in [3.8, 4) is 0 Å². The zero-order valence-electron chi connectivity index (χ0n) is 22.5. The third-order valence-corrected chi connectivity index (χ3v) is 8.37. The first-order chi connectivity index (χ1) is 19.4. The summed E-state index contributed by atoms with van der Waals surface area (Å²) in [5.41, 5.74) is -4.69. The van der Waals surface area contributed by atoms with Crippen molar-refractivity contribution in [3.05, 3.63) is 76.4 Å². The number of nitrogens with zero attached hydrogens (tertiary/aromatic N) is 5. The Balaban J connectivity index is 1.36. The number of benzene rings is 2. The van der Waals surface area contributed by atoms with Crippen LogP contribution >= 0.6 is 0 Å². The molecule has 0 radical (unpaired) electrons. The van der Waals surface area contributed by atoms with Gasteiger partial charge in [0.05, 0.1) is 23.1 Å². The standard InChI is InChI=1S/C28H26F7N5O2/c1-24(42)13-39(14-24)9-16-6-19-20(21(7-16)28(33,34)35)10-40(22(19)41)18-5-3-4-17(8-18)25(11-26(29,30)12-25)27(31,32)23-37-36-15-38(23)2/h3-8,15,42H,9-14H2,1-2H3. The summed E-state index contributed by atoms with van der Waals surface area (Å²) in [6, 6.07) is 7.45. The number of hydrogen-bond acceptors (Lipinski definition) is 5. The maximum atomic E-state index is 15.9. The zero-order chi connectivity index (χ0) is 30.5. The number of fused-ring (bicyclic) bond motifs is 1. The minimum absolute atomic E-state index is 0.00511. The highest BCUT2D eigenvalue weighted by Gasteiger charge is 2.71. The van der Waals surface area contributed by atoms with Crippen LogP contribution < -0.4 is 4.90 Å². The first-order valence-corrected chi connectivity index (χ1v) is 13.1. The molecule has 1 aromatic heterocycles. The molecule has 14 heteroatoms. The number of aryl methyl sites for hydroxylation is 1. The molecule has 1 saturated carbocycles. The molecule has 1 amide bonds. The van der Waals surface area contributed by atoms with Gasteiger partial charge in [0.25, 0.3) is 5.91 Å². The number of alkyl halides is 7. The number of aliphatic hydroxyl groups is 1. The van der Waals surface area contributed by atoms with Crippen LogP contribution in [-0.4, -0.2) is 55.3 Å². The second-order valence-corrected chi connectivity index (χ2v) is 11.9. The molecule has 1 aliphatic carbocycles. The van der Waals surface area contributed by atoms with Gasteiger partial charge >= 0.3 is 12.1 Å². The summed E-state index contributed by atoms with van der Waals surface area (Å²) in [6.07, 6.45) is -6.13. The van der Waals surface area contributed by atoms with E-state index >= 15 is 8.78 Å². The predicted molar refractivity (Wildman–Crippen MR) is 135 cm³/mol. The average Bonchev–Trinajstić information content (AvgIpc) is 3.43. The molecule has 0 spiro atoms. The first kappa shape index (κ1) is 28.6. The number of carbonyl (C=O) groups is 1. The van der Waals surface area contributed by atoms with E-state index in [4.69, 9.17) is 0 Å². The Labute approximate surface area is 235 Å². The van der Waals surface area contributed by atoms with Crippen LogP contribution in [0.15, 0.2) is 42.7 Å². The Morgan fingerprint density at radius 1 is 1.05 bits per heavy atom. The number of amides is 1. The van der Waals surface area contributed by atoms with E-state index in [0.29, 0.717) is 0 Å². The molecule has 3 aliphatic rings. The fraction of sp³-hybridized carbons (Fsp3) is 0.464. The van der Waals surface area contributed by atoms with E-state index in [0.717, 1.165) is 21.9 Å². The van der Waals surface area contributed by atoms with Crippen molar-refractivity contribution in [2.45, 2.75) is 61.9 Å². The van der Waals surface area contributed by atoms with E-state index in [2.05, 4.69) is 10.2 Å². The number of β-amino-alcohol motifs (C(OH)–C–C–N with tert-alkyl or cyclic N) is 1. The van der Waals surface area contributed by atoms with Gasteiger partial charge in [0, 0.05) is 50.8 Å². The van der Waals surface area contributed by atoms with Gasteiger partial charge < -0.3 is 14.6 Å². The first-order valence-electron chi connectivity index (χ1n) is 13.1. The van der Waals surface area contributed by atoms with Gasteiger partial charge in [0.1, 0.15) is 6.33 Å². The minimum Gasteiger partial charge on any atom is -0.388 e. The molecule has 2 aliphatic heterocycles. The van der Waals surface area contributed by atoms with Gasteiger partial charge in [-0.3, -0.25) is 9.69 Å². The maximum Gasteiger partial charge on any atom is 0.416 e. The quantitative estimate of drug-likeness (QED) is 0.404. The van der Waals surface area contributed by atoms with Gasteiger partial charge in [-0.2, -0.15) is 22.0 Å². The number of likely N-dealkylation sites (tertiary alicyclic amines) is 1. The Morgan fingerprint density at radius 3 is 2.31 bits per heavy atom. The van der Waals surface area contributed by atoms with Gasteiger partial charge in [-0.25, -0.2) is 8.78 Å². The van der Waals surface area contributed by atoms with Crippen LogP contribution in [-0.2, 0) is 37.7 Å². The van der Waals surface area contributed by atoms with Crippen molar-refractivity contribution in [2.75, 3.05) is 18.0 Å². The van der Waals surface area contributed by atoms with Gasteiger partial charge in [0.2, 0.25) is 11.7 Å². The van der Waals surface area contributed by atoms with Crippen LogP contribution in [0.5, 0.6) is 0 Å². The predicted octanol–water partition coefficient (Wildman–Crippen LogP) is 5.02. The van der Waals surface area contributed by atoms with Crippen LogP contribution in [0.4, 0.5) is 36.4 Å². The highest BCUT2D eigenvalue weighted by atomic mass is 19.4. The topological polar surface area (TPSA) is 74.5 Å². The lowest BCUT2D eigenvalue weighted by Crippen LogP contribution is -2.59. The third-order valence-electron chi connectivity index (χ3n) is 8.37. The molecule has 1 saturated heterocycles. The average molecular weight is 598 g/mol. The van der Waals surface area contributed by atoms with Gasteiger partial charge in [-0.1, -0.05) is 12.1 Å². The van der Waals surface area contributed by atoms with Crippen molar-refractivity contribution < 1.29 is 40.6 Å². The highest BCUT2D eigenvalue weighted by Crippen LogP contribution is 2.63. The normalized spacial score (nSPS) is 21.2. The van der Waals surface area contributed by atoms with Crippen molar-refractivity contribution in [3.63, 3.8) is 0 Å². The molecular weight excluding hydrogens is 571 g/mol. The molecular formula is C28H26F7N5O2. The summed E-state index contributed by atoms with van der Waals surface area (Å²) in [6.45, 7) is 1.74. The fourth-order valence-electron chi connectivity index (χ4n) is 6.50. The lowest BCUT2D eigenvalue weighted by molar-refractivity contribution is -0.224. The van der Waals surface area contributed by atoms with Gasteiger partial charge in [0.15, 0.2) is 0 Å². The van der Waals surface area contributed by atoms with E-state index in [1.165, 1.54) is 37.4 Å². The molecule has 0 unspecified atom stereocenters. The maximum absolute atomic E-state index is 15.9. The fourth-order valence-corrected chi connectivity index (χ4v) is 6.50. The molecule has 224 valence electrons. The van der Waals surface area contributed by atoms with Crippen LogP contribution in [0.25, 0.3) is 0 Å². The van der Waals surface area contributed by atoms with Crippen molar-refractivity contribution in [1.82, 2.24) is 19.7 Å². The van der Waals surface area contributed by atoms with Crippen LogP contribution in [0.2, 0.25) is 0 Å². The summed E-state index contributed by atoms with van der Waals surface area (Å²) in [5, 5.41) is 16.9. The number of carbonyl (C=O) groups excluding carboxylic acids is 1. The number of anilines is 1. The molecule has 3 aromatic rings. The molecule has 7 nitrogen and oxygen atoms in total. The number of rotatable bonds is 6. The van der Waals surface area contributed by atoms with E-state index in [1.807, 2.05) is 0 Å². The Hall–Kier alpha value is -3.52. The van der Waals surface area contributed by atoms with Crippen molar-refractivity contribution in [1.29, 1.82) is 0 Å². The van der Waals surface area contributed by atoms with Gasteiger partial charge in [-0.05, 0) is 47.9 Å². The minimum atomic E-state index is -4.78. The van der Waals surface area contributed by atoms with Crippen molar-refractivity contribution in [2.24, 2.45) is 7.05 Å². The number of hydrogen-bond donors (Lipinski definition) is 1. The summed E-state index contributed by atoms with van der Waals surface area (Å²) in [5.74, 6) is -8.83. The molecule has 0 atom stereocenters. The van der Waals surface area contributed by atoms with Crippen LogP contribution in [0.1, 0.15) is 58.2 Å². The van der Waals surface area contributed by atoms with Crippen LogP contribution in [0, 0.1) is 0 Å². The second-order valence-electron chi connectivity index (χ2n) is 11.9. The molecule has 42 heavy (non-hydrogen) atoms. The van der Waals surface area contributed by atoms with E-state index in [-0.39, 0.29) is 47.6 Å². The zero-order valence-corrected chi connectivity index (χ0v) is 22.5. The smallest absolute Gasteiger partial charge is 0.388 e. The summed E-state index contributed by atoms with van der Waals surface area (Å²) in [7, 11) is 1.27. The molecule has 2 aromatic carbocycles. The Kier molecular flexibility index (Phi) is 6.12. The largest absolute Gasteiger partial charge is 0.416 e. The lowest BCUT2D eigenvalue weighted by Gasteiger charge is -2.51. The van der Waals surface area contributed by atoms with E-state index < -0.39 is 65.7 Å². The Morgan fingerprint density at radius 2 is 1.74 bits per heavy atom. The molecule has 2 fully saturated rings. The number of aromatic nitrogens is 3. The lowest BCUT2D eigenvalue weighted by atomic mass is 9.58. The summed E-state index contributed by atoms with van der Waals surface area (Å²) >= 11 is 0. The number of halogens is 7. The molecule has 3 heterocycles. The van der Waals surface area contributed by atoms with Crippen molar-refractivity contribution >= 4 is 11.6 Å². The second kappa shape index (κ2) is 8.99. The SMILES string of the molecule is Cn1cnnc1C(F)(F)C1(c2cccc(N3Cc4c(cc(CN5CC(C)(O)C5)cc4C(F)(F)F)C3=O)c2)CC(F)(F)C1. The third kappa shape index (κ3) is 4.46. The molecule has 6 rings (SSSR count). The Bertz CT molecular complexity index is 1570. The molecule has 1 N–H and O–H groups in total. The molecule has 0 bridgehead atoms. The summed E-state index contributed by atoms with van der Waals surface area (Å²) in [4.78, 5) is 16.3. The highest BCUT2D eigenvalue weighted by molar-refractivity contribution is 6.10. The monoisotopic (exact) mass is 597 g/mol. The van der Waals surface area contributed by atoms with E-state index in [9.17, 15) is 31.9 Å².